The predicted octanol–water partition coefficient (Wildman–Crippen LogP) is 3.50. The normalized spacial score (nSPS) is 11.2. The van der Waals surface area contributed by atoms with Crippen molar-refractivity contribution < 1.29 is 9.53 Å². The maximum atomic E-state index is 12.2. The Morgan fingerprint density at radius 2 is 1.80 bits per heavy atom. The molecule has 0 atom stereocenters. The second kappa shape index (κ2) is 5.41. The second-order valence-corrected chi connectivity index (χ2v) is 5.66. The van der Waals surface area contributed by atoms with Crippen LogP contribution in [-0.2, 0) is 5.54 Å². The van der Waals surface area contributed by atoms with Crippen molar-refractivity contribution in [2.45, 2.75) is 26.3 Å². The van der Waals surface area contributed by atoms with Gasteiger partial charge in [-0.25, -0.2) is 0 Å². The van der Waals surface area contributed by atoms with E-state index in [0.717, 1.165) is 11.4 Å². The molecule has 1 heterocycles. The molecular weight excluding hydrogens is 252 g/mol. The Morgan fingerprint density at radius 1 is 1.15 bits per heavy atom. The fraction of sp³-hybridized carbons (Fsp3) is 0.312. The van der Waals surface area contributed by atoms with Crippen molar-refractivity contribution >= 4 is 11.6 Å². The van der Waals surface area contributed by atoms with Gasteiger partial charge >= 0.3 is 0 Å². The number of anilines is 1. The number of carbonyl (C=O) groups is 1. The average molecular weight is 272 g/mol. The number of nitrogens with zero attached hydrogens (tertiary/aromatic N) is 1. The summed E-state index contributed by atoms with van der Waals surface area (Å²) in [5, 5.41) is 2.87. The molecule has 106 valence electrons. The first-order valence-electron chi connectivity index (χ1n) is 6.54. The van der Waals surface area contributed by atoms with Gasteiger partial charge in [-0.1, -0.05) is 0 Å². The maximum Gasteiger partial charge on any atom is 0.257 e. The van der Waals surface area contributed by atoms with Gasteiger partial charge in [0.05, 0.1) is 12.7 Å². The molecule has 20 heavy (non-hydrogen) atoms. The summed E-state index contributed by atoms with van der Waals surface area (Å²) in [6.07, 6.45) is 3.78. The third-order valence-corrected chi connectivity index (χ3v) is 3.08. The van der Waals surface area contributed by atoms with E-state index in [1.165, 1.54) is 0 Å². The highest BCUT2D eigenvalue weighted by Crippen LogP contribution is 2.18. The van der Waals surface area contributed by atoms with E-state index in [4.69, 9.17) is 4.74 Å². The van der Waals surface area contributed by atoms with Gasteiger partial charge in [0.15, 0.2) is 0 Å². The van der Waals surface area contributed by atoms with Crippen LogP contribution in [0.5, 0.6) is 5.75 Å². The highest BCUT2D eigenvalue weighted by atomic mass is 16.5. The minimum absolute atomic E-state index is 0.0291. The van der Waals surface area contributed by atoms with Crippen molar-refractivity contribution in [3.63, 3.8) is 0 Å². The lowest BCUT2D eigenvalue weighted by Crippen LogP contribution is -2.20. The third-order valence-electron chi connectivity index (χ3n) is 3.08. The van der Waals surface area contributed by atoms with E-state index in [9.17, 15) is 4.79 Å². The van der Waals surface area contributed by atoms with Gasteiger partial charge in [-0.3, -0.25) is 4.79 Å². The highest BCUT2D eigenvalue weighted by molar-refractivity contribution is 6.04. The van der Waals surface area contributed by atoms with Gasteiger partial charge in [0.1, 0.15) is 5.75 Å². The van der Waals surface area contributed by atoms with Gasteiger partial charge in [-0.15, -0.1) is 0 Å². The first-order valence-corrected chi connectivity index (χ1v) is 6.54. The number of methoxy groups -OCH3 is 1. The molecule has 0 saturated heterocycles. The molecule has 0 saturated carbocycles. The molecule has 0 aliphatic heterocycles. The van der Waals surface area contributed by atoms with E-state index >= 15 is 0 Å². The monoisotopic (exact) mass is 272 g/mol. The number of rotatable bonds is 3. The number of ether oxygens (including phenoxy) is 1. The molecule has 4 heteroatoms. The topological polar surface area (TPSA) is 43.3 Å². The molecule has 0 bridgehead atoms. The fourth-order valence-corrected chi connectivity index (χ4v) is 1.83. The third kappa shape index (κ3) is 3.20. The van der Waals surface area contributed by atoms with Gasteiger partial charge in [0.25, 0.3) is 5.91 Å². The van der Waals surface area contributed by atoms with Gasteiger partial charge in [-0.05, 0) is 51.1 Å². The van der Waals surface area contributed by atoms with Gasteiger partial charge < -0.3 is 14.6 Å². The average Bonchev–Trinajstić information content (AvgIpc) is 2.89. The van der Waals surface area contributed by atoms with Crippen molar-refractivity contribution in [1.29, 1.82) is 0 Å². The molecule has 1 aromatic carbocycles. The highest BCUT2D eigenvalue weighted by Gasteiger charge is 2.15. The van der Waals surface area contributed by atoms with Crippen LogP contribution in [0.4, 0.5) is 5.69 Å². The molecule has 1 N–H and O–H groups in total. The minimum Gasteiger partial charge on any atom is -0.497 e. The lowest BCUT2D eigenvalue weighted by molar-refractivity contribution is 0.102. The number of hydrogen-bond donors (Lipinski definition) is 1. The number of nitrogens with one attached hydrogen (secondary N) is 1. The summed E-state index contributed by atoms with van der Waals surface area (Å²) in [6.45, 7) is 6.29. The molecule has 4 nitrogen and oxygen atoms in total. The van der Waals surface area contributed by atoms with Crippen LogP contribution in [0.3, 0.4) is 0 Å². The Kier molecular flexibility index (Phi) is 3.84. The molecule has 0 aliphatic carbocycles. The van der Waals surface area contributed by atoms with Crippen LogP contribution in [-0.4, -0.2) is 17.6 Å². The molecule has 2 aromatic rings. The van der Waals surface area contributed by atoms with Crippen LogP contribution in [0.2, 0.25) is 0 Å². The van der Waals surface area contributed by atoms with Crippen LogP contribution in [0.25, 0.3) is 0 Å². The first kappa shape index (κ1) is 14.2. The molecular formula is C16H20N2O2. The Bertz CT molecular complexity index is 592. The Morgan fingerprint density at radius 3 is 2.30 bits per heavy atom. The molecule has 0 unspecified atom stereocenters. The van der Waals surface area contributed by atoms with Gasteiger partial charge in [-0.2, -0.15) is 0 Å². The number of carbonyl (C=O) groups excluding carboxylic acids is 1. The SMILES string of the molecule is COc1ccc(NC(=O)c2ccn(C(C)(C)C)c2)cc1. The van der Waals surface area contributed by atoms with Crippen LogP contribution in [0, 0.1) is 0 Å². The van der Waals surface area contributed by atoms with Crippen molar-refractivity contribution in [2.75, 3.05) is 12.4 Å². The Balaban J connectivity index is 2.09. The fourth-order valence-electron chi connectivity index (χ4n) is 1.83. The lowest BCUT2D eigenvalue weighted by atomic mass is 10.1. The van der Waals surface area contributed by atoms with Crippen LogP contribution in [0.1, 0.15) is 31.1 Å². The van der Waals surface area contributed by atoms with Crippen LogP contribution < -0.4 is 10.1 Å². The van der Waals surface area contributed by atoms with E-state index in [2.05, 4.69) is 26.1 Å². The molecule has 0 spiro atoms. The molecule has 2 rings (SSSR count). The van der Waals surface area contributed by atoms with E-state index in [0.29, 0.717) is 5.56 Å². The number of aromatic nitrogens is 1. The number of hydrogen-bond acceptors (Lipinski definition) is 2. The first-order chi connectivity index (χ1) is 9.40. The van der Waals surface area contributed by atoms with Gasteiger partial charge in [0, 0.05) is 23.6 Å². The quantitative estimate of drug-likeness (QED) is 0.929. The van der Waals surface area contributed by atoms with Crippen molar-refractivity contribution in [3.8, 4) is 5.75 Å². The van der Waals surface area contributed by atoms with E-state index in [-0.39, 0.29) is 11.4 Å². The zero-order valence-corrected chi connectivity index (χ0v) is 12.3. The van der Waals surface area contributed by atoms with Crippen LogP contribution in [0.15, 0.2) is 42.7 Å². The lowest BCUT2D eigenvalue weighted by Gasteiger charge is -2.20. The van der Waals surface area contributed by atoms with E-state index in [1.54, 1.807) is 7.11 Å². The molecule has 0 aliphatic rings. The summed E-state index contributed by atoms with van der Waals surface area (Å²) in [6, 6.07) is 9.09. The summed E-state index contributed by atoms with van der Waals surface area (Å²) in [5.74, 6) is 0.653. The van der Waals surface area contributed by atoms with Crippen LogP contribution >= 0.6 is 0 Å². The molecule has 1 amide bonds. The second-order valence-electron chi connectivity index (χ2n) is 5.66. The minimum atomic E-state index is -0.113. The van der Waals surface area contributed by atoms with Gasteiger partial charge in [0.2, 0.25) is 0 Å². The number of benzene rings is 1. The predicted molar refractivity (Wildman–Crippen MR) is 80.4 cm³/mol. The largest absolute Gasteiger partial charge is 0.497 e. The summed E-state index contributed by atoms with van der Waals surface area (Å²) in [7, 11) is 1.61. The summed E-state index contributed by atoms with van der Waals surface area (Å²) >= 11 is 0. The summed E-state index contributed by atoms with van der Waals surface area (Å²) in [5.41, 5.74) is 1.37. The van der Waals surface area contributed by atoms with E-state index in [1.807, 2.05) is 47.3 Å². The standard InChI is InChI=1S/C16H20N2O2/c1-16(2,3)18-10-9-12(11-18)15(19)17-13-5-7-14(20-4)8-6-13/h5-11H,1-4H3,(H,17,19). The maximum absolute atomic E-state index is 12.2. The van der Waals surface area contributed by atoms with E-state index < -0.39 is 0 Å². The Hall–Kier alpha value is -2.23. The smallest absolute Gasteiger partial charge is 0.257 e. The summed E-state index contributed by atoms with van der Waals surface area (Å²) < 4.78 is 7.11. The summed E-state index contributed by atoms with van der Waals surface area (Å²) in [4.78, 5) is 12.2. The molecule has 1 aromatic heterocycles. The van der Waals surface area contributed by atoms with Crippen molar-refractivity contribution in [3.05, 3.63) is 48.3 Å². The Labute approximate surface area is 119 Å². The van der Waals surface area contributed by atoms with Crippen molar-refractivity contribution in [1.82, 2.24) is 4.57 Å². The zero-order chi connectivity index (χ0) is 14.8. The zero-order valence-electron chi connectivity index (χ0n) is 12.3. The van der Waals surface area contributed by atoms with Crippen molar-refractivity contribution in [2.24, 2.45) is 0 Å². The molecule has 0 fully saturated rings. The number of amides is 1. The molecule has 0 radical (unpaired) electrons.